The predicted molar refractivity (Wildman–Crippen MR) is 60.7 cm³/mol. The van der Waals surface area contributed by atoms with Gasteiger partial charge < -0.3 is 5.73 Å². The zero-order valence-electron chi connectivity index (χ0n) is 10.2. The molecule has 0 spiro atoms. The Morgan fingerprint density at radius 1 is 1.08 bits per heavy atom. The van der Waals surface area contributed by atoms with Crippen LogP contribution in [0, 0.1) is 17.3 Å². The Labute approximate surface area is 84.1 Å². The van der Waals surface area contributed by atoms with E-state index in [1.54, 1.807) is 0 Å². The SMILES string of the molecule is CCC(C)C(C)CC(C)(C)C(C)N. The second-order valence-electron chi connectivity index (χ2n) is 5.34. The van der Waals surface area contributed by atoms with E-state index in [4.69, 9.17) is 5.73 Å². The van der Waals surface area contributed by atoms with Crippen molar-refractivity contribution in [1.82, 2.24) is 0 Å². The van der Waals surface area contributed by atoms with Crippen molar-refractivity contribution in [3.63, 3.8) is 0 Å². The lowest BCUT2D eigenvalue weighted by molar-refractivity contribution is 0.196. The summed E-state index contributed by atoms with van der Waals surface area (Å²) in [7, 11) is 0. The molecule has 0 aromatic heterocycles. The van der Waals surface area contributed by atoms with Gasteiger partial charge >= 0.3 is 0 Å². The smallest absolute Gasteiger partial charge is 0.00618 e. The van der Waals surface area contributed by atoms with E-state index >= 15 is 0 Å². The third kappa shape index (κ3) is 4.12. The van der Waals surface area contributed by atoms with Crippen LogP contribution in [0.5, 0.6) is 0 Å². The van der Waals surface area contributed by atoms with E-state index in [0.717, 1.165) is 11.8 Å². The summed E-state index contributed by atoms with van der Waals surface area (Å²) in [6.07, 6.45) is 2.51. The maximum absolute atomic E-state index is 5.96. The third-order valence-electron chi connectivity index (χ3n) is 3.70. The zero-order chi connectivity index (χ0) is 10.6. The molecular formula is C12H27N. The summed E-state index contributed by atoms with van der Waals surface area (Å²) >= 11 is 0. The summed E-state index contributed by atoms with van der Waals surface area (Å²) in [6.45, 7) is 13.6. The summed E-state index contributed by atoms with van der Waals surface area (Å²) in [5, 5.41) is 0. The van der Waals surface area contributed by atoms with Crippen LogP contribution in [-0.4, -0.2) is 6.04 Å². The minimum Gasteiger partial charge on any atom is -0.327 e. The van der Waals surface area contributed by atoms with Crippen LogP contribution in [0.3, 0.4) is 0 Å². The van der Waals surface area contributed by atoms with E-state index in [0.29, 0.717) is 6.04 Å². The second kappa shape index (κ2) is 4.99. The molecule has 80 valence electrons. The molecule has 0 bridgehead atoms. The molecule has 0 aromatic carbocycles. The maximum atomic E-state index is 5.96. The molecule has 0 fully saturated rings. The van der Waals surface area contributed by atoms with Crippen molar-refractivity contribution in [1.29, 1.82) is 0 Å². The molecule has 0 aromatic rings. The first kappa shape index (κ1) is 13.0. The Kier molecular flexibility index (Phi) is 4.98. The summed E-state index contributed by atoms with van der Waals surface area (Å²) in [5.74, 6) is 1.60. The van der Waals surface area contributed by atoms with Gasteiger partial charge in [0.2, 0.25) is 0 Å². The van der Waals surface area contributed by atoms with Gasteiger partial charge in [-0.1, -0.05) is 41.0 Å². The molecule has 0 radical (unpaired) electrons. The van der Waals surface area contributed by atoms with Gasteiger partial charge in [-0.15, -0.1) is 0 Å². The Bertz CT molecular complexity index is 138. The Morgan fingerprint density at radius 3 is 1.85 bits per heavy atom. The lowest BCUT2D eigenvalue weighted by Crippen LogP contribution is -2.36. The third-order valence-corrected chi connectivity index (χ3v) is 3.70. The lowest BCUT2D eigenvalue weighted by Gasteiger charge is -2.33. The fourth-order valence-electron chi connectivity index (χ4n) is 1.62. The molecular weight excluding hydrogens is 158 g/mol. The topological polar surface area (TPSA) is 26.0 Å². The number of nitrogens with two attached hydrogens (primary N) is 1. The van der Waals surface area contributed by atoms with Gasteiger partial charge in [-0.3, -0.25) is 0 Å². The van der Waals surface area contributed by atoms with Crippen LogP contribution in [0.1, 0.15) is 54.4 Å². The molecule has 13 heavy (non-hydrogen) atoms. The molecule has 2 N–H and O–H groups in total. The van der Waals surface area contributed by atoms with Crippen molar-refractivity contribution in [2.75, 3.05) is 0 Å². The minimum absolute atomic E-state index is 0.281. The molecule has 3 atom stereocenters. The molecule has 1 nitrogen and oxygen atoms in total. The van der Waals surface area contributed by atoms with Gasteiger partial charge in [-0.05, 0) is 30.6 Å². The fourth-order valence-corrected chi connectivity index (χ4v) is 1.62. The minimum atomic E-state index is 0.281. The maximum Gasteiger partial charge on any atom is 0.00618 e. The Hall–Kier alpha value is -0.0400. The molecule has 0 saturated heterocycles. The van der Waals surface area contributed by atoms with Crippen LogP contribution in [0.2, 0.25) is 0 Å². The standard InChI is InChI=1S/C12H27N/c1-7-9(2)10(3)8-12(5,6)11(4)13/h9-11H,7-8,13H2,1-6H3. The van der Waals surface area contributed by atoms with Gasteiger partial charge in [0, 0.05) is 6.04 Å². The van der Waals surface area contributed by atoms with E-state index < -0.39 is 0 Å². The molecule has 1 heteroatoms. The van der Waals surface area contributed by atoms with Gasteiger partial charge in [0.25, 0.3) is 0 Å². The van der Waals surface area contributed by atoms with Crippen molar-refractivity contribution in [3.8, 4) is 0 Å². The average Bonchev–Trinajstić information content (AvgIpc) is 2.01. The van der Waals surface area contributed by atoms with E-state index in [1.165, 1.54) is 12.8 Å². The van der Waals surface area contributed by atoms with Crippen LogP contribution in [0.4, 0.5) is 0 Å². The van der Waals surface area contributed by atoms with Crippen molar-refractivity contribution in [2.45, 2.75) is 60.4 Å². The fraction of sp³-hybridized carbons (Fsp3) is 1.00. The summed E-state index contributed by atoms with van der Waals surface area (Å²) in [6, 6.07) is 0.291. The molecule has 0 aliphatic carbocycles. The summed E-state index contributed by atoms with van der Waals surface area (Å²) < 4.78 is 0. The van der Waals surface area contributed by atoms with Crippen molar-refractivity contribution in [3.05, 3.63) is 0 Å². The first-order valence-electron chi connectivity index (χ1n) is 5.56. The largest absolute Gasteiger partial charge is 0.327 e. The van der Waals surface area contributed by atoms with Gasteiger partial charge in [-0.2, -0.15) is 0 Å². The van der Waals surface area contributed by atoms with E-state index in [2.05, 4.69) is 41.5 Å². The van der Waals surface area contributed by atoms with Crippen LogP contribution in [-0.2, 0) is 0 Å². The number of hydrogen-bond acceptors (Lipinski definition) is 1. The van der Waals surface area contributed by atoms with Crippen molar-refractivity contribution < 1.29 is 0 Å². The highest BCUT2D eigenvalue weighted by Crippen LogP contribution is 2.32. The quantitative estimate of drug-likeness (QED) is 0.697. The van der Waals surface area contributed by atoms with Crippen LogP contribution in [0.25, 0.3) is 0 Å². The normalized spacial score (nSPS) is 19.6. The van der Waals surface area contributed by atoms with Gasteiger partial charge in [0.05, 0.1) is 0 Å². The number of hydrogen-bond donors (Lipinski definition) is 1. The van der Waals surface area contributed by atoms with E-state index in [9.17, 15) is 0 Å². The van der Waals surface area contributed by atoms with Crippen LogP contribution < -0.4 is 5.73 Å². The lowest BCUT2D eigenvalue weighted by atomic mass is 9.74. The van der Waals surface area contributed by atoms with Crippen molar-refractivity contribution >= 4 is 0 Å². The average molecular weight is 185 g/mol. The first-order valence-corrected chi connectivity index (χ1v) is 5.56. The highest BCUT2D eigenvalue weighted by Gasteiger charge is 2.26. The van der Waals surface area contributed by atoms with Gasteiger partial charge in [0.1, 0.15) is 0 Å². The van der Waals surface area contributed by atoms with Gasteiger partial charge in [0.15, 0.2) is 0 Å². The highest BCUT2D eigenvalue weighted by molar-refractivity contribution is 4.80. The predicted octanol–water partition coefficient (Wildman–Crippen LogP) is 3.43. The van der Waals surface area contributed by atoms with Crippen LogP contribution in [0.15, 0.2) is 0 Å². The van der Waals surface area contributed by atoms with Crippen LogP contribution >= 0.6 is 0 Å². The molecule has 0 saturated carbocycles. The van der Waals surface area contributed by atoms with Gasteiger partial charge in [-0.25, -0.2) is 0 Å². The highest BCUT2D eigenvalue weighted by atomic mass is 14.7. The monoisotopic (exact) mass is 185 g/mol. The first-order chi connectivity index (χ1) is 5.81. The summed E-state index contributed by atoms with van der Waals surface area (Å²) in [4.78, 5) is 0. The Balaban J connectivity index is 4.11. The molecule has 0 aliphatic heterocycles. The van der Waals surface area contributed by atoms with E-state index in [-0.39, 0.29) is 5.41 Å². The molecule has 0 aliphatic rings. The molecule has 0 heterocycles. The molecule has 3 unspecified atom stereocenters. The summed E-state index contributed by atoms with van der Waals surface area (Å²) in [5.41, 5.74) is 6.24. The second-order valence-corrected chi connectivity index (χ2v) is 5.34. The molecule has 0 rings (SSSR count). The molecule has 0 amide bonds. The van der Waals surface area contributed by atoms with E-state index in [1.807, 2.05) is 0 Å². The zero-order valence-corrected chi connectivity index (χ0v) is 10.2. The Morgan fingerprint density at radius 2 is 1.54 bits per heavy atom. The number of rotatable bonds is 5. The van der Waals surface area contributed by atoms with Crippen molar-refractivity contribution in [2.24, 2.45) is 23.0 Å².